The molecule has 1 unspecified atom stereocenters. The first kappa shape index (κ1) is 16.4. The number of hydrogen-bond acceptors (Lipinski definition) is 3. The lowest BCUT2D eigenvalue weighted by Gasteiger charge is -2.21. The van der Waals surface area contributed by atoms with Crippen LogP contribution in [0, 0.1) is 5.82 Å². The fourth-order valence-corrected chi connectivity index (χ4v) is 3.02. The Morgan fingerprint density at radius 1 is 1.52 bits per heavy atom. The molecular weight excluding hydrogens is 361 g/mol. The molecule has 0 aliphatic carbocycles. The number of nitrogens with one attached hydrogen (secondary N) is 1. The number of hydrogen-bond donors (Lipinski definition) is 1. The second kappa shape index (κ2) is 7.35. The van der Waals surface area contributed by atoms with Crippen LogP contribution in [0.1, 0.15) is 17.3 Å². The molecule has 114 valence electrons. The number of ether oxygens (including phenoxy) is 1. The largest absolute Gasteiger partial charge is 0.383 e. The van der Waals surface area contributed by atoms with Gasteiger partial charge in [-0.3, -0.25) is 4.68 Å². The SMILES string of the molecule is CNC(c1c(F)cccc1Cl)c1c(Br)cnn1CCOC. The summed E-state index contributed by atoms with van der Waals surface area (Å²) >= 11 is 9.65. The number of benzene rings is 1. The molecule has 0 radical (unpaired) electrons. The Labute approximate surface area is 136 Å². The van der Waals surface area contributed by atoms with E-state index in [0.29, 0.717) is 23.7 Å². The number of halogens is 3. The zero-order chi connectivity index (χ0) is 15.4. The molecule has 1 aromatic heterocycles. The highest BCUT2D eigenvalue weighted by Gasteiger charge is 2.25. The standard InChI is InChI=1S/C14H16BrClFN3O/c1-18-13(12-10(16)4-3-5-11(12)17)14-9(15)8-19-20(14)6-7-21-2/h3-5,8,13,18H,6-7H2,1-2H3. The molecule has 1 atom stereocenters. The van der Waals surface area contributed by atoms with Crippen molar-refractivity contribution in [3.63, 3.8) is 0 Å². The lowest BCUT2D eigenvalue weighted by Crippen LogP contribution is -2.24. The molecule has 21 heavy (non-hydrogen) atoms. The molecule has 1 heterocycles. The number of methoxy groups -OCH3 is 1. The second-order valence-corrected chi connectivity index (χ2v) is 5.71. The molecule has 1 N–H and O–H groups in total. The number of rotatable bonds is 6. The zero-order valence-corrected chi connectivity index (χ0v) is 14.1. The molecule has 0 aliphatic heterocycles. The summed E-state index contributed by atoms with van der Waals surface area (Å²) in [6.45, 7) is 1.09. The zero-order valence-electron chi connectivity index (χ0n) is 11.7. The highest BCUT2D eigenvalue weighted by molar-refractivity contribution is 9.10. The van der Waals surface area contributed by atoms with Crippen LogP contribution < -0.4 is 5.32 Å². The minimum atomic E-state index is -0.410. The van der Waals surface area contributed by atoms with E-state index in [1.165, 1.54) is 6.07 Å². The fraction of sp³-hybridized carbons (Fsp3) is 0.357. The Kier molecular flexibility index (Phi) is 5.75. The Morgan fingerprint density at radius 3 is 2.90 bits per heavy atom. The van der Waals surface area contributed by atoms with Crippen molar-refractivity contribution in [2.24, 2.45) is 0 Å². The van der Waals surface area contributed by atoms with Crippen LogP contribution in [0.4, 0.5) is 4.39 Å². The Bertz CT molecular complexity index is 600. The third-order valence-corrected chi connectivity index (χ3v) is 4.13. The van der Waals surface area contributed by atoms with Gasteiger partial charge in [0.25, 0.3) is 0 Å². The monoisotopic (exact) mass is 375 g/mol. The molecule has 0 aliphatic rings. The van der Waals surface area contributed by atoms with E-state index >= 15 is 0 Å². The van der Waals surface area contributed by atoms with Gasteiger partial charge in [0.1, 0.15) is 5.82 Å². The van der Waals surface area contributed by atoms with Crippen LogP contribution in [0.3, 0.4) is 0 Å². The molecule has 4 nitrogen and oxygen atoms in total. The predicted molar refractivity (Wildman–Crippen MR) is 84.1 cm³/mol. The average Bonchev–Trinajstić information content (AvgIpc) is 2.82. The molecule has 0 bridgehead atoms. The summed E-state index contributed by atoms with van der Waals surface area (Å²) in [7, 11) is 3.38. The summed E-state index contributed by atoms with van der Waals surface area (Å²) < 4.78 is 21.8. The van der Waals surface area contributed by atoms with Gasteiger partial charge in [0, 0.05) is 17.7 Å². The van der Waals surface area contributed by atoms with E-state index < -0.39 is 6.04 Å². The molecule has 0 spiro atoms. The highest BCUT2D eigenvalue weighted by atomic mass is 79.9. The maximum absolute atomic E-state index is 14.2. The summed E-state index contributed by atoms with van der Waals surface area (Å²) in [5.74, 6) is -0.353. The average molecular weight is 377 g/mol. The second-order valence-electron chi connectivity index (χ2n) is 4.45. The van der Waals surface area contributed by atoms with E-state index in [1.54, 1.807) is 37.2 Å². The first-order valence-electron chi connectivity index (χ1n) is 6.41. The van der Waals surface area contributed by atoms with Crippen LogP contribution in [0.25, 0.3) is 0 Å². The molecule has 7 heteroatoms. The van der Waals surface area contributed by atoms with E-state index in [1.807, 2.05) is 0 Å². The quantitative estimate of drug-likeness (QED) is 0.840. The van der Waals surface area contributed by atoms with Crippen LogP contribution in [0.5, 0.6) is 0 Å². The van der Waals surface area contributed by atoms with Crippen LogP contribution in [0.2, 0.25) is 5.02 Å². The molecule has 0 fully saturated rings. The summed E-state index contributed by atoms with van der Waals surface area (Å²) in [5, 5.41) is 7.77. The fourth-order valence-electron chi connectivity index (χ4n) is 2.22. The van der Waals surface area contributed by atoms with Crippen molar-refractivity contribution in [2.45, 2.75) is 12.6 Å². The molecule has 2 rings (SSSR count). The van der Waals surface area contributed by atoms with Crippen molar-refractivity contribution in [1.82, 2.24) is 15.1 Å². The maximum Gasteiger partial charge on any atom is 0.129 e. The summed E-state index contributed by atoms with van der Waals surface area (Å²) in [5.41, 5.74) is 1.21. The van der Waals surface area contributed by atoms with Crippen LogP contribution in [-0.4, -0.2) is 30.5 Å². The predicted octanol–water partition coefficient (Wildman–Crippen LogP) is 3.39. The number of nitrogens with zero attached hydrogens (tertiary/aromatic N) is 2. The molecule has 0 saturated carbocycles. The van der Waals surface area contributed by atoms with E-state index in [4.69, 9.17) is 16.3 Å². The Morgan fingerprint density at radius 2 is 2.29 bits per heavy atom. The third-order valence-electron chi connectivity index (χ3n) is 3.19. The van der Waals surface area contributed by atoms with Gasteiger partial charge in [-0.1, -0.05) is 17.7 Å². The van der Waals surface area contributed by atoms with Crippen LogP contribution in [-0.2, 0) is 11.3 Å². The van der Waals surface area contributed by atoms with Gasteiger partial charge in [0.2, 0.25) is 0 Å². The minimum absolute atomic E-state index is 0.353. The van der Waals surface area contributed by atoms with Crippen molar-refractivity contribution in [2.75, 3.05) is 20.8 Å². The van der Waals surface area contributed by atoms with Crippen molar-refractivity contribution in [1.29, 1.82) is 0 Å². The van der Waals surface area contributed by atoms with Gasteiger partial charge in [0.15, 0.2) is 0 Å². The van der Waals surface area contributed by atoms with Crippen molar-refractivity contribution in [3.8, 4) is 0 Å². The van der Waals surface area contributed by atoms with Crippen molar-refractivity contribution >= 4 is 27.5 Å². The third kappa shape index (κ3) is 3.45. The highest BCUT2D eigenvalue weighted by Crippen LogP contribution is 2.33. The van der Waals surface area contributed by atoms with Gasteiger partial charge in [-0.05, 0) is 35.1 Å². The molecular formula is C14H16BrClFN3O. The Hall–Kier alpha value is -0.950. The van der Waals surface area contributed by atoms with Crippen molar-refractivity contribution < 1.29 is 9.13 Å². The van der Waals surface area contributed by atoms with E-state index in [2.05, 4.69) is 26.3 Å². The lowest BCUT2D eigenvalue weighted by molar-refractivity contribution is 0.182. The lowest BCUT2D eigenvalue weighted by atomic mass is 10.0. The van der Waals surface area contributed by atoms with E-state index in [9.17, 15) is 4.39 Å². The summed E-state index contributed by atoms with van der Waals surface area (Å²) in [6.07, 6.45) is 1.68. The summed E-state index contributed by atoms with van der Waals surface area (Å²) in [6, 6.07) is 4.25. The summed E-state index contributed by atoms with van der Waals surface area (Å²) in [4.78, 5) is 0. The van der Waals surface area contributed by atoms with Gasteiger partial charge < -0.3 is 10.1 Å². The van der Waals surface area contributed by atoms with Gasteiger partial charge in [-0.15, -0.1) is 0 Å². The molecule has 0 amide bonds. The van der Waals surface area contributed by atoms with Crippen LogP contribution >= 0.6 is 27.5 Å². The van der Waals surface area contributed by atoms with Gasteiger partial charge in [-0.2, -0.15) is 5.10 Å². The topological polar surface area (TPSA) is 39.1 Å². The number of aromatic nitrogens is 2. The van der Waals surface area contributed by atoms with Crippen LogP contribution in [0.15, 0.2) is 28.9 Å². The molecule has 0 saturated heterocycles. The smallest absolute Gasteiger partial charge is 0.129 e. The van der Waals surface area contributed by atoms with Gasteiger partial charge >= 0.3 is 0 Å². The van der Waals surface area contributed by atoms with Crippen molar-refractivity contribution in [3.05, 3.63) is 51.0 Å². The first-order chi connectivity index (χ1) is 10.1. The Balaban J connectivity index is 2.49. The molecule has 1 aromatic carbocycles. The van der Waals surface area contributed by atoms with E-state index in [0.717, 1.165) is 10.2 Å². The minimum Gasteiger partial charge on any atom is -0.383 e. The van der Waals surface area contributed by atoms with Gasteiger partial charge in [-0.25, -0.2) is 4.39 Å². The molecule has 2 aromatic rings. The first-order valence-corrected chi connectivity index (χ1v) is 7.58. The van der Waals surface area contributed by atoms with E-state index in [-0.39, 0.29) is 5.82 Å². The maximum atomic E-state index is 14.2. The van der Waals surface area contributed by atoms with Gasteiger partial charge in [0.05, 0.1) is 35.6 Å². The normalized spacial score (nSPS) is 12.6.